The van der Waals surface area contributed by atoms with E-state index in [0.29, 0.717) is 24.1 Å². The number of carbonyl (C=O) groups is 1. The Morgan fingerprint density at radius 2 is 1.95 bits per heavy atom. The highest BCUT2D eigenvalue weighted by atomic mass is 16.4. The Labute approximate surface area is 119 Å². The van der Waals surface area contributed by atoms with E-state index in [9.17, 15) is 9.90 Å². The SMILES string of the molecule is CCCC(Nc1nc(C(C)C)nc(N(C)C)n1)C(=O)O. The standard InChI is InChI=1S/C13H23N5O2/c1-6-7-9(11(19)20)14-12-15-10(8(2)3)16-13(17-12)18(4)5/h8-9H,6-7H2,1-5H3,(H,19,20)(H,14,15,16,17). The number of aromatic nitrogens is 3. The first-order valence-corrected chi connectivity index (χ1v) is 6.77. The average molecular weight is 281 g/mol. The van der Waals surface area contributed by atoms with Crippen molar-refractivity contribution in [2.75, 3.05) is 24.3 Å². The molecule has 1 aromatic heterocycles. The normalized spacial score (nSPS) is 12.3. The lowest BCUT2D eigenvalue weighted by Crippen LogP contribution is -2.30. The lowest BCUT2D eigenvalue weighted by molar-refractivity contribution is -0.138. The van der Waals surface area contributed by atoms with Gasteiger partial charge in [-0.05, 0) is 6.42 Å². The van der Waals surface area contributed by atoms with Crippen molar-refractivity contribution in [3.8, 4) is 0 Å². The number of rotatable bonds is 7. The number of nitrogens with zero attached hydrogens (tertiary/aromatic N) is 4. The molecule has 0 fully saturated rings. The van der Waals surface area contributed by atoms with Crippen LogP contribution in [0.25, 0.3) is 0 Å². The summed E-state index contributed by atoms with van der Waals surface area (Å²) in [6.07, 6.45) is 1.29. The Balaban J connectivity index is 3.06. The summed E-state index contributed by atoms with van der Waals surface area (Å²) in [4.78, 5) is 25.9. The van der Waals surface area contributed by atoms with E-state index in [1.165, 1.54) is 0 Å². The molecule has 0 aromatic carbocycles. The first kappa shape index (κ1) is 16.1. The summed E-state index contributed by atoms with van der Waals surface area (Å²) in [6.45, 7) is 5.91. The lowest BCUT2D eigenvalue weighted by Gasteiger charge is -2.17. The summed E-state index contributed by atoms with van der Waals surface area (Å²) in [7, 11) is 3.67. The predicted octanol–water partition coefficient (Wildman–Crippen LogP) is 1.73. The molecule has 0 saturated heterocycles. The van der Waals surface area contributed by atoms with Gasteiger partial charge < -0.3 is 15.3 Å². The van der Waals surface area contributed by atoms with Gasteiger partial charge in [0.1, 0.15) is 11.9 Å². The number of hydrogen-bond acceptors (Lipinski definition) is 6. The molecule has 0 radical (unpaired) electrons. The van der Waals surface area contributed by atoms with Gasteiger partial charge in [0, 0.05) is 20.0 Å². The third-order valence-corrected chi connectivity index (χ3v) is 2.74. The molecule has 0 saturated carbocycles. The highest BCUT2D eigenvalue weighted by molar-refractivity contribution is 5.76. The monoisotopic (exact) mass is 281 g/mol. The topological polar surface area (TPSA) is 91.2 Å². The number of carboxylic acid groups (broad SMARTS) is 1. The second-order valence-electron chi connectivity index (χ2n) is 5.19. The number of carboxylic acids is 1. The van der Waals surface area contributed by atoms with Crippen LogP contribution in [0.4, 0.5) is 11.9 Å². The van der Waals surface area contributed by atoms with E-state index in [-0.39, 0.29) is 5.92 Å². The van der Waals surface area contributed by atoms with Crippen LogP contribution in [0.15, 0.2) is 0 Å². The minimum absolute atomic E-state index is 0.145. The van der Waals surface area contributed by atoms with Crippen molar-refractivity contribution in [1.82, 2.24) is 15.0 Å². The van der Waals surface area contributed by atoms with Crippen LogP contribution in [0.1, 0.15) is 45.4 Å². The zero-order valence-corrected chi connectivity index (χ0v) is 12.7. The lowest BCUT2D eigenvalue weighted by atomic mass is 10.2. The second kappa shape index (κ2) is 7.02. The first-order chi connectivity index (χ1) is 9.35. The Kier molecular flexibility index (Phi) is 5.66. The van der Waals surface area contributed by atoms with E-state index >= 15 is 0 Å². The summed E-state index contributed by atoms with van der Waals surface area (Å²) in [5.41, 5.74) is 0. The maximum Gasteiger partial charge on any atom is 0.326 e. The fourth-order valence-electron chi connectivity index (χ4n) is 1.61. The molecule has 20 heavy (non-hydrogen) atoms. The average Bonchev–Trinajstić information content (AvgIpc) is 2.37. The largest absolute Gasteiger partial charge is 0.480 e. The molecule has 1 rings (SSSR count). The van der Waals surface area contributed by atoms with Gasteiger partial charge in [-0.2, -0.15) is 15.0 Å². The fourth-order valence-corrected chi connectivity index (χ4v) is 1.61. The maximum absolute atomic E-state index is 11.2. The third kappa shape index (κ3) is 4.32. The van der Waals surface area contributed by atoms with E-state index in [4.69, 9.17) is 0 Å². The van der Waals surface area contributed by atoms with Crippen LogP contribution in [-0.4, -0.2) is 46.2 Å². The van der Waals surface area contributed by atoms with E-state index in [0.717, 1.165) is 6.42 Å². The molecule has 0 amide bonds. The molecule has 0 aliphatic heterocycles. The van der Waals surface area contributed by atoms with E-state index < -0.39 is 12.0 Å². The van der Waals surface area contributed by atoms with Crippen molar-refractivity contribution in [1.29, 1.82) is 0 Å². The molecule has 7 heteroatoms. The minimum atomic E-state index is -0.898. The number of aliphatic carboxylic acids is 1. The summed E-state index contributed by atoms with van der Waals surface area (Å²) >= 11 is 0. The van der Waals surface area contributed by atoms with Gasteiger partial charge in [-0.15, -0.1) is 0 Å². The fraction of sp³-hybridized carbons (Fsp3) is 0.692. The van der Waals surface area contributed by atoms with Crippen molar-refractivity contribution in [3.63, 3.8) is 0 Å². The Hall–Kier alpha value is -1.92. The van der Waals surface area contributed by atoms with Gasteiger partial charge in [0.25, 0.3) is 0 Å². The van der Waals surface area contributed by atoms with E-state index in [1.807, 2.05) is 34.9 Å². The number of nitrogens with one attached hydrogen (secondary N) is 1. The zero-order valence-electron chi connectivity index (χ0n) is 12.7. The molecule has 112 valence electrons. The van der Waals surface area contributed by atoms with Gasteiger partial charge in [-0.3, -0.25) is 0 Å². The smallest absolute Gasteiger partial charge is 0.326 e. The van der Waals surface area contributed by atoms with Gasteiger partial charge in [0.15, 0.2) is 0 Å². The molecule has 0 aliphatic carbocycles. The van der Waals surface area contributed by atoms with Crippen LogP contribution in [0.2, 0.25) is 0 Å². The van der Waals surface area contributed by atoms with Gasteiger partial charge in [0.05, 0.1) is 0 Å². The summed E-state index contributed by atoms with van der Waals surface area (Å²) < 4.78 is 0. The maximum atomic E-state index is 11.2. The molecule has 0 spiro atoms. The Bertz CT molecular complexity index is 436. The quantitative estimate of drug-likeness (QED) is 0.786. The van der Waals surface area contributed by atoms with E-state index in [2.05, 4.69) is 20.3 Å². The van der Waals surface area contributed by atoms with Crippen molar-refractivity contribution < 1.29 is 9.90 Å². The second-order valence-corrected chi connectivity index (χ2v) is 5.19. The summed E-state index contributed by atoms with van der Waals surface area (Å²) in [6, 6.07) is -0.683. The number of hydrogen-bond donors (Lipinski definition) is 2. The van der Waals surface area contributed by atoms with Crippen LogP contribution in [0, 0.1) is 0 Å². The van der Waals surface area contributed by atoms with Crippen LogP contribution in [0.5, 0.6) is 0 Å². The van der Waals surface area contributed by atoms with Gasteiger partial charge in [-0.1, -0.05) is 27.2 Å². The highest BCUT2D eigenvalue weighted by Crippen LogP contribution is 2.16. The molecule has 0 aliphatic rings. The van der Waals surface area contributed by atoms with Gasteiger partial charge in [-0.25, -0.2) is 4.79 Å². The molecule has 1 atom stereocenters. The summed E-state index contributed by atoms with van der Waals surface area (Å²) in [5, 5.41) is 12.1. The first-order valence-electron chi connectivity index (χ1n) is 6.77. The van der Waals surface area contributed by atoms with Crippen molar-refractivity contribution in [3.05, 3.63) is 5.82 Å². The van der Waals surface area contributed by atoms with Crippen LogP contribution in [-0.2, 0) is 4.79 Å². The molecule has 1 heterocycles. The van der Waals surface area contributed by atoms with Crippen LogP contribution in [0.3, 0.4) is 0 Å². The third-order valence-electron chi connectivity index (χ3n) is 2.74. The Morgan fingerprint density at radius 3 is 2.40 bits per heavy atom. The van der Waals surface area contributed by atoms with Crippen molar-refractivity contribution in [2.24, 2.45) is 0 Å². The molecule has 7 nitrogen and oxygen atoms in total. The molecule has 2 N–H and O–H groups in total. The van der Waals surface area contributed by atoms with E-state index in [1.54, 1.807) is 4.90 Å². The Morgan fingerprint density at radius 1 is 1.30 bits per heavy atom. The van der Waals surface area contributed by atoms with Crippen molar-refractivity contribution in [2.45, 2.75) is 45.6 Å². The van der Waals surface area contributed by atoms with Gasteiger partial charge in [0.2, 0.25) is 11.9 Å². The van der Waals surface area contributed by atoms with Crippen LogP contribution < -0.4 is 10.2 Å². The highest BCUT2D eigenvalue weighted by Gasteiger charge is 2.19. The number of anilines is 2. The van der Waals surface area contributed by atoms with Gasteiger partial charge >= 0.3 is 5.97 Å². The minimum Gasteiger partial charge on any atom is -0.480 e. The molecule has 1 aromatic rings. The van der Waals surface area contributed by atoms with Crippen molar-refractivity contribution >= 4 is 17.9 Å². The summed E-state index contributed by atoms with van der Waals surface area (Å²) in [5.74, 6) is 0.725. The molecule has 0 bridgehead atoms. The molecular formula is C13H23N5O2. The molecule has 1 unspecified atom stereocenters. The van der Waals surface area contributed by atoms with Crippen LogP contribution >= 0.6 is 0 Å². The predicted molar refractivity (Wildman–Crippen MR) is 78.2 cm³/mol. The molecular weight excluding hydrogens is 258 g/mol. The zero-order chi connectivity index (χ0) is 15.3.